The van der Waals surface area contributed by atoms with Gasteiger partial charge in [0.15, 0.2) is 5.16 Å². The maximum Gasteiger partial charge on any atom is 0.255 e. The molecule has 0 atom stereocenters. The molecule has 0 saturated carbocycles. The van der Waals surface area contributed by atoms with E-state index in [-0.39, 0.29) is 11.8 Å². The molecule has 0 radical (unpaired) electrons. The highest BCUT2D eigenvalue weighted by Gasteiger charge is 2.16. The molecule has 160 valence electrons. The van der Waals surface area contributed by atoms with Crippen LogP contribution in [0.15, 0.2) is 72.3 Å². The largest absolute Gasteiger partial charge is 0.332 e. The van der Waals surface area contributed by atoms with Crippen LogP contribution >= 0.6 is 11.8 Å². The van der Waals surface area contributed by atoms with Crippen molar-refractivity contribution in [1.29, 1.82) is 0 Å². The molecule has 3 heterocycles. The van der Waals surface area contributed by atoms with Crippen LogP contribution in [0.25, 0.3) is 22.5 Å². The molecular weight excluding hydrogens is 424 g/mol. The van der Waals surface area contributed by atoms with Crippen LogP contribution in [0.3, 0.4) is 0 Å². The molecule has 32 heavy (non-hydrogen) atoms. The Balaban J connectivity index is 1.69. The summed E-state index contributed by atoms with van der Waals surface area (Å²) in [6.07, 6.45) is 6.73. The number of hydrogen-bond acceptors (Lipinski definition) is 6. The number of anilines is 2. The lowest BCUT2D eigenvalue weighted by atomic mass is 10.0. The van der Waals surface area contributed by atoms with E-state index in [1.807, 2.05) is 36.6 Å². The molecule has 9 heteroatoms. The van der Waals surface area contributed by atoms with E-state index in [1.54, 1.807) is 36.8 Å². The summed E-state index contributed by atoms with van der Waals surface area (Å²) >= 11 is 1.49. The van der Waals surface area contributed by atoms with E-state index in [9.17, 15) is 9.59 Å². The molecule has 8 nitrogen and oxygen atoms in total. The van der Waals surface area contributed by atoms with Crippen molar-refractivity contribution in [3.8, 4) is 22.5 Å². The predicted octanol–water partition coefficient (Wildman–Crippen LogP) is 4.47. The molecular formula is C23H20N6O2S. The van der Waals surface area contributed by atoms with E-state index >= 15 is 0 Å². The standard InChI is InChI=1S/C23H20N6O2S/c1-14(30)26-19-13-17(8-11-25-19)21-20(28-23(29-21)32-2)16-4-3-5-18(12-16)27-22(31)15-6-9-24-10-7-15/h3-13H,1-2H3,(H,27,31)(H,28,29)(H,25,26,30). The number of imidazole rings is 1. The molecule has 0 aliphatic carbocycles. The van der Waals surface area contributed by atoms with Gasteiger partial charge in [0.2, 0.25) is 5.91 Å². The highest BCUT2D eigenvalue weighted by Crippen LogP contribution is 2.34. The molecule has 3 N–H and O–H groups in total. The number of carbonyl (C=O) groups excluding carboxylic acids is 2. The maximum atomic E-state index is 12.5. The van der Waals surface area contributed by atoms with E-state index < -0.39 is 0 Å². The molecule has 1 aromatic carbocycles. The number of carbonyl (C=O) groups is 2. The van der Waals surface area contributed by atoms with Crippen molar-refractivity contribution in [3.05, 3.63) is 72.7 Å². The lowest BCUT2D eigenvalue weighted by Crippen LogP contribution is -2.11. The molecule has 0 unspecified atom stereocenters. The quantitative estimate of drug-likeness (QED) is 0.378. The minimum Gasteiger partial charge on any atom is -0.332 e. The molecule has 0 aliphatic rings. The van der Waals surface area contributed by atoms with Crippen LogP contribution in [-0.2, 0) is 4.79 Å². The first-order chi connectivity index (χ1) is 15.5. The van der Waals surface area contributed by atoms with Gasteiger partial charge in [-0.15, -0.1) is 0 Å². The average Bonchev–Trinajstić information content (AvgIpc) is 3.24. The summed E-state index contributed by atoms with van der Waals surface area (Å²) in [5.41, 5.74) is 4.37. The van der Waals surface area contributed by atoms with E-state index in [0.29, 0.717) is 17.1 Å². The lowest BCUT2D eigenvalue weighted by molar-refractivity contribution is -0.114. The number of thioether (sulfide) groups is 1. The topological polar surface area (TPSA) is 113 Å². The Morgan fingerprint density at radius 3 is 2.53 bits per heavy atom. The highest BCUT2D eigenvalue weighted by molar-refractivity contribution is 7.98. The first-order valence-corrected chi connectivity index (χ1v) is 11.0. The van der Waals surface area contributed by atoms with Gasteiger partial charge in [0.05, 0.1) is 11.4 Å². The summed E-state index contributed by atoms with van der Waals surface area (Å²) < 4.78 is 0. The summed E-state index contributed by atoms with van der Waals surface area (Å²) in [5, 5.41) is 6.36. The van der Waals surface area contributed by atoms with Crippen molar-refractivity contribution in [2.75, 3.05) is 16.9 Å². The first-order valence-electron chi connectivity index (χ1n) is 9.73. The minimum atomic E-state index is -0.217. The molecule has 0 spiro atoms. The zero-order valence-corrected chi connectivity index (χ0v) is 18.2. The molecule has 4 rings (SSSR count). The second-order valence-electron chi connectivity index (χ2n) is 6.85. The van der Waals surface area contributed by atoms with Crippen LogP contribution in [0.4, 0.5) is 11.5 Å². The summed E-state index contributed by atoms with van der Waals surface area (Å²) in [5.74, 6) is 0.0484. The predicted molar refractivity (Wildman–Crippen MR) is 126 cm³/mol. The van der Waals surface area contributed by atoms with Gasteiger partial charge in [0, 0.05) is 47.9 Å². The fourth-order valence-corrected chi connectivity index (χ4v) is 3.54. The number of H-pyrrole nitrogens is 1. The van der Waals surface area contributed by atoms with Crippen molar-refractivity contribution in [3.63, 3.8) is 0 Å². The third-order valence-corrected chi connectivity index (χ3v) is 5.14. The smallest absolute Gasteiger partial charge is 0.255 e. The minimum absolute atomic E-state index is 0.193. The monoisotopic (exact) mass is 444 g/mol. The van der Waals surface area contributed by atoms with Gasteiger partial charge in [-0.1, -0.05) is 23.9 Å². The van der Waals surface area contributed by atoms with Crippen molar-refractivity contribution in [1.82, 2.24) is 19.9 Å². The number of rotatable bonds is 6. The summed E-state index contributed by atoms with van der Waals surface area (Å²) in [6, 6.07) is 14.5. The normalized spacial score (nSPS) is 10.6. The van der Waals surface area contributed by atoms with E-state index in [4.69, 9.17) is 4.98 Å². The highest BCUT2D eigenvalue weighted by atomic mass is 32.2. The van der Waals surface area contributed by atoms with Crippen LogP contribution < -0.4 is 10.6 Å². The van der Waals surface area contributed by atoms with Crippen LogP contribution in [0.2, 0.25) is 0 Å². The van der Waals surface area contributed by atoms with Crippen molar-refractivity contribution >= 4 is 35.1 Å². The van der Waals surface area contributed by atoms with Crippen LogP contribution in [0.5, 0.6) is 0 Å². The Labute approximate surface area is 188 Å². The fourth-order valence-electron chi connectivity index (χ4n) is 3.15. The number of pyridine rings is 2. The Morgan fingerprint density at radius 2 is 1.78 bits per heavy atom. The summed E-state index contributed by atoms with van der Waals surface area (Å²) in [6.45, 7) is 1.44. The number of benzene rings is 1. The average molecular weight is 445 g/mol. The van der Waals surface area contributed by atoms with Crippen molar-refractivity contribution in [2.45, 2.75) is 12.1 Å². The molecule has 0 fully saturated rings. The van der Waals surface area contributed by atoms with E-state index in [2.05, 4.69) is 25.6 Å². The fraction of sp³-hybridized carbons (Fsp3) is 0.0870. The number of hydrogen-bond donors (Lipinski definition) is 3. The third-order valence-electron chi connectivity index (χ3n) is 4.56. The third kappa shape index (κ3) is 4.84. The van der Waals surface area contributed by atoms with Gasteiger partial charge in [-0.05, 0) is 42.7 Å². The molecule has 0 saturated heterocycles. The number of amides is 2. The molecule has 0 bridgehead atoms. The summed E-state index contributed by atoms with van der Waals surface area (Å²) in [7, 11) is 0. The van der Waals surface area contributed by atoms with Gasteiger partial charge in [-0.3, -0.25) is 14.6 Å². The molecule has 3 aromatic heterocycles. The Kier molecular flexibility index (Phi) is 6.27. The number of aromatic amines is 1. The zero-order valence-electron chi connectivity index (χ0n) is 17.4. The zero-order chi connectivity index (χ0) is 22.5. The van der Waals surface area contributed by atoms with Crippen molar-refractivity contribution in [2.24, 2.45) is 0 Å². The molecule has 0 aliphatic heterocycles. The number of aromatic nitrogens is 4. The lowest BCUT2D eigenvalue weighted by Gasteiger charge is -2.09. The summed E-state index contributed by atoms with van der Waals surface area (Å²) in [4.78, 5) is 40.1. The number of nitrogens with one attached hydrogen (secondary N) is 3. The van der Waals surface area contributed by atoms with Crippen molar-refractivity contribution < 1.29 is 9.59 Å². The van der Waals surface area contributed by atoms with Gasteiger partial charge in [-0.25, -0.2) is 9.97 Å². The number of nitrogens with zero attached hydrogens (tertiary/aromatic N) is 3. The first kappa shape index (κ1) is 21.3. The van der Waals surface area contributed by atoms with Crippen LogP contribution in [0.1, 0.15) is 17.3 Å². The van der Waals surface area contributed by atoms with Crippen LogP contribution in [0, 0.1) is 0 Å². The molecule has 4 aromatic rings. The Morgan fingerprint density at radius 1 is 0.969 bits per heavy atom. The molecule has 2 amide bonds. The van der Waals surface area contributed by atoms with E-state index in [0.717, 1.165) is 27.7 Å². The SMILES string of the molecule is CSc1nc(-c2cccc(NC(=O)c3ccncc3)c2)c(-c2ccnc(NC(C)=O)c2)[nH]1. The van der Waals surface area contributed by atoms with Gasteiger partial charge < -0.3 is 15.6 Å². The Bertz CT molecular complexity index is 1270. The van der Waals surface area contributed by atoms with Gasteiger partial charge >= 0.3 is 0 Å². The second-order valence-corrected chi connectivity index (χ2v) is 7.65. The van der Waals surface area contributed by atoms with E-state index in [1.165, 1.54) is 18.7 Å². The second kappa shape index (κ2) is 9.44. The maximum absolute atomic E-state index is 12.5. The van der Waals surface area contributed by atoms with Gasteiger partial charge in [-0.2, -0.15) is 0 Å². The Hall–Kier alpha value is -3.98. The van der Waals surface area contributed by atoms with Gasteiger partial charge in [0.1, 0.15) is 5.82 Å². The van der Waals surface area contributed by atoms with Crippen LogP contribution in [-0.4, -0.2) is 38.0 Å². The van der Waals surface area contributed by atoms with Gasteiger partial charge in [0.25, 0.3) is 5.91 Å².